The maximum atomic E-state index is 12.5. The van der Waals surface area contributed by atoms with E-state index in [0.717, 1.165) is 0 Å². The van der Waals surface area contributed by atoms with Gasteiger partial charge in [-0.25, -0.2) is 13.1 Å². The molecule has 2 N–H and O–H groups in total. The van der Waals surface area contributed by atoms with E-state index < -0.39 is 16.1 Å². The Balaban J connectivity index is 2.09. The molecule has 0 saturated heterocycles. The van der Waals surface area contributed by atoms with Crippen LogP contribution in [0.15, 0.2) is 47.4 Å². The Morgan fingerprint density at radius 1 is 1.07 bits per heavy atom. The van der Waals surface area contributed by atoms with E-state index >= 15 is 0 Å². The van der Waals surface area contributed by atoms with Crippen LogP contribution in [0.2, 0.25) is 0 Å². The summed E-state index contributed by atoms with van der Waals surface area (Å²) in [7, 11) is -2.26. The lowest BCUT2D eigenvalue weighted by molar-refractivity contribution is -0.122. The molecule has 2 aromatic rings. The van der Waals surface area contributed by atoms with Crippen molar-refractivity contribution in [3.63, 3.8) is 0 Å². The van der Waals surface area contributed by atoms with Crippen molar-refractivity contribution < 1.29 is 17.9 Å². The van der Waals surface area contributed by atoms with Crippen LogP contribution in [0.3, 0.4) is 0 Å². The molecule has 1 unspecified atom stereocenters. The number of hydrogen-bond donors (Lipinski definition) is 2. The number of hydrogen-bond acceptors (Lipinski definition) is 4. The van der Waals surface area contributed by atoms with Gasteiger partial charge in [0.25, 0.3) is 5.91 Å². The summed E-state index contributed by atoms with van der Waals surface area (Å²) >= 11 is 0. The number of carbonyl (C=O) groups is 1. The second-order valence-electron chi connectivity index (χ2n) is 7.71. The minimum atomic E-state index is -3.60. The Morgan fingerprint density at radius 2 is 1.68 bits per heavy atom. The molecule has 0 fully saturated rings. The van der Waals surface area contributed by atoms with Crippen molar-refractivity contribution in [1.29, 1.82) is 0 Å². The summed E-state index contributed by atoms with van der Waals surface area (Å²) in [6.07, 6.45) is -0.744. The molecule has 0 bridgehead atoms. The highest BCUT2D eigenvalue weighted by molar-refractivity contribution is 7.89. The van der Waals surface area contributed by atoms with Crippen molar-refractivity contribution in [2.45, 2.75) is 51.0 Å². The van der Waals surface area contributed by atoms with Crippen molar-refractivity contribution >= 4 is 21.6 Å². The van der Waals surface area contributed by atoms with Crippen molar-refractivity contribution in [2.24, 2.45) is 0 Å². The van der Waals surface area contributed by atoms with Crippen molar-refractivity contribution in [3.05, 3.63) is 53.6 Å². The highest BCUT2D eigenvalue weighted by Crippen LogP contribution is 2.25. The van der Waals surface area contributed by atoms with E-state index in [-0.39, 0.29) is 16.2 Å². The van der Waals surface area contributed by atoms with E-state index in [9.17, 15) is 13.2 Å². The second-order valence-corrected chi connectivity index (χ2v) is 9.57. The third kappa shape index (κ3) is 5.33. The third-order valence-corrected chi connectivity index (χ3v) is 5.97. The van der Waals surface area contributed by atoms with Gasteiger partial charge in [-0.3, -0.25) is 4.79 Å². The van der Waals surface area contributed by atoms with E-state index in [1.807, 2.05) is 24.3 Å². The first-order chi connectivity index (χ1) is 12.9. The average molecular weight is 405 g/mol. The van der Waals surface area contributed by atoms with Gasteiger partial charge in [0.05, 0.1) is 4.90 Å². The number of amides is 1. The molecule has 1 atom stereocenters. The number of carbonyl (C=O) groups excluding carboxylic acids is 1. The van der Waals surface area contributed by atoms with Gasteiger partial charge >= 0.3 is 0 Å². The number of nitrogens with one attached hydrogen (secondary N) is 2. The zero-order valence-electron chi connectivity index (χ0n) is 17.2. The molecule has 152 valence electrons. The van der Waals surface area contributed by atoms with E-state index in [1.165, 1.54) is 18.7 Å². The van der Waals surface area contributed by atoms with Gasteiger partial charge in [-0.15, -0.1) is 0 Å². The van der Waals surface area contributed by atoms with E-state index in [2.05, 4.69) is 30.8 Å². The first-order valence-corrected chi connectivity index (χ1v) is 10.5. The van der Waals surface area contributed by atoms with Gasteiger partial charge in [0, 0.05) is 5.69 Å². The second kappa shape index (κ2) is 8.32. The zero-order valence-corrected chi connectivity index (χ0v) is 18.0. The summed E-state index contributed by atoms with van der Waals surface area (Å²) in [5.74, 6) is 0.231. The number of rotatable bonds is 6. The number of benzene rings is 2. The van der Waals surface area contributed by atoms with Gasteiger partial charge in [-0.1, -0.05) is 39.0 Å². The maximum Gasteiger partial charge on any atom is 0.265 e. The predicted octanol–water partition coefficient (Wildman–Crippen LogP) is 3.61. The summed E-state index contributed by atoms with van der Waals surface area (Å²) in [5, 5.41) is 2.71. The Hall–Kier alpha value is -2.38. The smallest absolute Gasteiger partial charge is 0.265 e. The maximum absolute atomic E-state index is 12.5. The van der Waals surface area contributed by atoms with Crippen molar-refractivity contribution in [2.75, 3.05) is 12.4 Å². The van der Waals surface area contributed by atoms with Crippen LogP contribution >= 0.6 is 0 Å². The Morgan fingerprint density at radius 3 is 2.21 bits per heavy atom. The topological polar surface area (TPSA) is 84.5 Å². The highest BCUT2D eigenvalue weighted by atomic mass is 32.2. The fourth-order valence-electron chi connectivity index (χ4n) is 2.61. The molecule has 2 rings (SSSR count). The molecular weight excluding hydrogens is 376 g/mol. The molecule has 0 aliphatic heterocycles. The van der Waals surface area contributed by atoms with Crippen LogP contribution in [-0.4, -0.2) is 27.5 Å². The average Bonchev–Trinajstić information content (AvgIpc) is 2.62. The molecule has 1 amide bonds. The monoisotopic (exact) mass is 404 g/mol. The molecule has 28 heavy (non-hydrogen) atoms. The van der Waals surface area contributed by atoms with E-state index in [4.69, 9.17) is 4.74 Å². The number of aryl methyl sites for hydroxylation is 1. The molecule has 0 aromatic heterocycles. The molecule has 0 saturated carbocycles. The number of ether oxygens (including phenoxy) is 1. The summed E-state index contributed by atoms with van der Waals surface area (Å²) in [5.41, 5.74) is 2.20. The molecule has 0 heterocycles. The predicted molar refractivity (Wildman–Crippen MR) is 111 cm³/mol. The van der Waals surface area contributed by atoms with Crippen LogP contribution in [0.4, 0.5) is 5.69 Å². The Kier molecular flexibility index (Phi) is 6.52. The summed E-state index contributed by atoms with van der Waals surface area (Å²) < 4.78 is 32.2. The fraction of sp³-hybridized carbons (Fsp3) is 0.381. The lowest BCUT2D eigenvalue weighted by Crippen LogP contribution is -2.30. The normalized spacial score (nSPS) is 13.1. The van der Waals surface area contributed by atoms with Crippen LogP contribution < -0.4 is 14.8 Å². The molecule has 0 aliphatic rings. The Bertz CT molecular complexity index is 945. The van der Waals surface area contributed by atoms with Gasteiger partial charge in [0.2, 0.25) is 10.0 Å². The Labute approximate surface area is 167 Å². The third-order valence-electron chi connectivity index (χ3n) is 4.42. The van der Waals surface area contributed by atoms with Crippen LogP contribution in [0.5, 0.6) is 5.75 Å². The van der Waals surface area contributed by atoms with Crippen LogP contribution in [0.25, 0.3) is 0 Å². The van der Waals surface area contributed by atoms with Gasteiger partial charge in [0.1, 0.15) is 5.75 Å². The minimum Gasteiger partial charge on any atom is -0.481 e. The molecule has 2 aromatic carbocycles. The van der Waals surface area contributed by atoms with Crippen LogP contribution in [-0.2, 0) is 20.2 Å². The largest absolute Gasteiger partial charge is 0.481 e. The summed E-state index contributed by atoms with van der Waals surface area (Å²) in [6.45, 7) is 9.73. The van der Waals surface area contributed by atoms with Crippen LogP contribution in [0.1, 0.15) is 38.8 Å². The molecule has 6 nitrogen and oxygen atoms in total. The quantitative estimate of drug-likeness (QED) is 0.770. The molecule has 0 spiro atoms. The standard InChI is InChI=1S/C21H28N2O4S/c1-14-7-10-17(13-19(14)28(25,26)22-6)23-20(24)15(2)27-18-11-8-16(9-12-18)21(3,4)5/h7-13,15,22H,1-6H3,(H,23,24). The molecular formula is C21H28N2O4S. The fourth-order valence-corrected chi connectivity index (χ4v) is 3.61. The lowest BCUT2D eigenvalue weighted by atomic mass is 9.87. The van der Waals surface area contributed by atoms with Gasteiger partial charge in [-0.05, 0) is 61.7 Å². The SMILES string of the molecule is CNS(=O)(=O)c1cc(NC(=O)C(C)Oc2ccc(C(C)(C)C)cc2)ccc1C. The van der Waals surface area contributed by atoms with Crippen molar-refractivity contribution in [1.82, 2.24) is 4.72 Å². The summed E-state index contributed by atoms with van der Waals surface area (Å²) in [4.78, 5) is 12.6. The lowest BCUT2D eigenvalue weighted by Gasteiger charge is -2.20. The zero-order chi connectivity index (χ0) is 21.1. The number of sulfonamides is 1. The van der Waals surface area contributed by atoms with Gasteiger partial charge in [-0.2, -0.15) is 0 Å². The first-order valence-electron chi connectivity index (χ1n) is 9.06. The molecule has 0 aliphatic carbocycles. The van der Waals surface area contributed by atoms with Crippen molar-refractivity contribution in [3.8, 4) is 5.75 Å². The molecule has 0 radical (unpaired) electrons. The van der Waals surface area contributed by atoms with Gasteiger partial charge < -0.3 is 10.1 Å². The highest BCUT2D eigenvalue weighted by Gasteiger charge is 2.19. The van der Waals surface area contributed by atoms with E-state index in [1.54, 1.807) is 26.0 Å². The number of anilines is 1. The minimum absolute atomic E-state index is 0.0400. The van der Waals surface area contributed by atoms with Crippen LogP contribution in [0, 0.1) is 6.92 Å². The van der Waals surface area contributed by atoms with Gasteiger partial charge in [0.15, 0.2) is 6.10 Å². The first kappa shape index (κ1) is 21.9. The summed E-state index contributed by atoms with van der Waals surface area (Å²) in [6, 6.07) is 12.4. The van der Waals surface area contributed by atoms with E-state index in [0.29, 0.717) is 17.0 Å². The molecule has 7 heteroatoms.